The minimum atomic E-state index is -0.342. The number of hydrogen-bond donors (Lipinski definition) is 2. The van der Waals surface area contributed by atoms with Gasteiger partial charge >= 0.3 is 29.6 Å². The second-order valence-corrected chi connectivity index (χ2v) is 7.00. The van der Waals surface area contributed by atoms with Gasteiger partial charge in [-0.15, -0.1) is 0 Å². The molecule has 0 aromatic heterocycles. The SMILES string of the molecule is O=C(c1c(I)cc(I)c([O-])c1I)N(CCO)CCO.[Na+]. The average Bonchev–Trinajstić information content (AvgIpc) is 2.35. The number of halogens is 3. The van der Waals surface area contributed by atoms with Crippen molar-refractivity contribution >= 4 is 73.7 Å². The van der Waals surface area contributed by atoms with E-state index in [1.165, 1.54) is 4.90 Å². The summed E-state index contributed by atoms with van der Waals surface area (Å²) in [6.45, 7) is -0.113. The standard InChI is InChI=1S/C11H12I3NO4.Na/c12-6-5-7(13)10(18)9(14)8(6)11(19)15(1-3-16)2-4-17;/h5,16-18H,1-4H2;/q;+1/p-1. The molecule has 1 aromatic rings. The Balaban J connectivity index is 0.00000361. The summed E-state index contributed by atoms with van der Waals surface area (Å²) in [5, 5.41) is 29.8. The molecule has 2 N–H and O–H groups in total. The summed E-state index contributed by atoms with van der Waals surface area (Å²) in [5.74, 6) is -0.511. The van der Waals surface area contributed by atoms with E-state index in [2.05, 4.69) is 0 Å². The van der Waals surface area contributed by atoms with Crippen LogP contribution in [0.3, 0.4) is 0 Å². The third-order valence-corrected chi connectivity index (χ3v) is 5.05. The number of rotatable bonds is 5. The molecule has 0 aliphatic heterocycles. The van der Waals surface area contributed by atoms with Crippen LogP contribution in [0.5, 0.6) is 5.75 Å². The third-order valence-electron chi connectivity index (χ3n) is 2.37. The Morgan fingerprint density at radius 1 is 1.15 bits per heavy atom. The number of benzene rings is 1. The number of carbonyl (C=O) groups is 1. The van der Waals surface area contributed by atoms with E-state index in [0.717, 1.165) is 0 Å². The van der Waals surface area contributed by atoms with Crippen molar-refractivity contribution in [3.63, 3.8) is 0 Å². The summed E-state index contributed by atoms with van der Waals surface area (Å²) >= 11 is 5.82. The first-order valence-electron chi connectivity index (χ1n) is 5.29. The number of carbonyl (C=O) groups excluding carboxylic acids is 1. The number of amides is 1. The van der Waals surface area contributed by atoms with E-state index in [0.29, 0.717) is 16.3 Å². The van der Waals surface area contributed by atoms with Gasteiger partial charge in [-0.1, -0.05) is 5.75 Å². The molecule has 0 bridgehead atoms. The van der Waals surface area contributed by atoms with Gasteiger partial charge < -0.3 is 20.2 Å². The van der Waals surface area contributed by atoms with Crippen molar-refractivity contribution in [2.24, 2.45) is 0 Å². The largest absolute Gasteiger partial charge is 1.00 e. The van der Waals surface area contributed by atoms with Crippen LogP contribution in [0, 0.1) is 10.7 Å². The maximum Gasteiger partial charge on any atom is 1.00 e. The van der Waals surface area contributed by atoms with Crippen LogP contribution in [0.4, 0.5) is 0 Å². The predicted octanol–water partition coefficient (Wildman–Crippen LogP) is -2.00. The molecular formula is C11H11I3NNaO4. The fraction of sp³-hybridized carbons (Fsp3) is 0.364. The Bertz CT molecular complexity index is 481. The third kappa shape index (κ3) is 5.35. The van der Waals surface area contributed by atoms with Gasteiger partial charge in [0.2, 0.25) is 0 Å². The second-order valence-electron chi connectivity index (χ2n) is 3.60. The fourth-order valence-electron chi connectivity index (χ4n) is 1.48. The number of nitrogens with zero attached hydrogens (tertiary/aromatic N) is 1. The Labute approximate surface area is 180 Å². The van der Waals surface area contributed by atoms with Crippen LogP contribution in [-0.4, -0.2) is 47.3 Å². The Morgan fingerprint density at radius 3 is 2.10 bits per heavy atom. The molecule has 0 aliphatic carbocycles. The maximum absolute atomic E-state index is 12.4. The van der Waals surface area contributed by atoms with Crippen molar-refractivity contribution in [2.75, 3.05) is 26.3 Å². The van der Waals surface area contributed by atoms with E-state index in [-0.39, 0.29) is 67.5 Å². The molecule has 0 atom stereocenters. The van der Waals surface area contributed by atoms with Crippen molar-refractivity contribution in [2.45, 2.75) is 0 Å². The normalized spacial score (nSPS) is 10.1. The van der Waals surface area contributed by atoms with Gasteiger partial charge in [-0.3, -0.25) is 4.79 Å². The molecule has 20 heavy (non-hydrogen) atoms. The molecule has 0 aliphatic rings. The summed E-state index contributed by atoms with van der Waals surface area (Å²) in [6, 6.07) is 1.66. The Hall–Kier alpha value is 1.60. The first-order valence-corrected chi connectivity index (χ1v) is 8.53. The van der Waals surface area contributed by atoms with Crippen LogP contribution in [0.25, 0.3) is 0 Å². The quantitative estimate of drug-likeness (QED) is 0.294. The van der Waals surface area contributed by atoms with Gasteiger partial charge in [-0.25, -0.2) is 0 Å². The summed E-state index contributed by atoms with van der Waals surface area (Å²) in [7, 11) is 0. The number of aliphatic hydroxyl groups excluding tert-OH is 2. The van der Waals surface area contributed by atoms with E-state index in [1.807, 2.05) is 67.8 Å². The van der Waals surface area contributed by atoms with Crippen LogP contribution in [0.1, 0.15) is 10.4 Å². The van der Waals surface area contributed by atoms with Gasteiger partial charge in [0.15, 0.2) is 0 Å². The summed E-state index contributed by atoms with van der Waals surface area (Å²) < 4.78 is 1.63. The summed E-state index contributed by atoms with van der Waals surface area (Å²) in [4.78, 5) is 13.7. The molecule has 0 fully saturated rings. The van der Waals surface area contributed by atoms with Gasteiger partial charge in [0, 0.05) is 23.8 Å². The van der Waals surface area contributed by atoms with Gasteiger partial charge in [-0.2, -0.15) is 0 Å². The zero-order valence-electron chi connectivity index (χ0n) is 10.7. The Kier molecular flexibility index (Phi) is 11.2. The molecule has 0 saturated heterocycles. The average molecular weight is 625 g/mol. The van der Waals surface area contributed by atoms with Crippen molar-refractivity contribution in [3.05, 3.63) is 22.3 Å². The van der Waals surface area contributed by atoms with Crippen LogP contribution >= 0.6 is 67.8 Å². The van der Waals surface area contributed by atoms with E-state index in [9.17, 15) is 9.90 Å². The predicted molar refractivity (Wildman–Crippen MR) is 94.1 cm³/mol. The molecule has 0 heterocycles. The smallest absolute Gasteiger partial charge is 0.871 e. The molecule has 9 heteroatoms. The second kappa shape index (κ2) is 10.4. The van der Waals surface area contributed by atoms with E-state index < -0.39 is 0 Å². The zero-order valence-corrected chi connectivity index (χ0v) is 19.2. The van der Waals surface area contributed by atoms with Gasteiger partial charge in [0.05, 0.1) is 18.8 Å². The molecule has 5 nitrogen and oxygen atoms in total. The monoisotopic (exact) mass is 625 g/mol. The van der Waals surface area contributed by atoms with E-state index in [1.54, 1.807) is 6.07 Å². The van der Waals surface area contributed by atoms with Crippen molar-refractivity contribution in [1.29, 1.82) is 0 Å². The van der Waals surface area contributed by atoms with Crippen LogP contribution in [-0.2, 0) is 0 Å². The first-order chi connectivity index (χ1) is 8.93. The van der Waals surface area contributed by atoms with Crippen LogP contribution in [0.15, 0.2) is 6.07 Å². The molecule has 0 unspecified atom stereocenters. The topological polar surface area (TPSA) is 83.8 Å². The minimum Gasteiger partial charge on any atom is -0.871 e. The van der Waals surface area contributed by atoms with Gasteiger partial charge in [0.25, 0.3) is 5.91 Å². The molecule has 0 saturated carbocycles. The molecule has 106 valence electrons. The maximum atomic E-state index is 12.4. The molecule has 1 amide bonds. The molecule has 1 rings (SSSR count). The van der Waals surface area contributed by atoms with Gasteiger partial charge in [-0.05, 0) is 73.8 Å². The van der Waals surface area contributed by atoms with E-state index >= 15 is 0 Å². The molecule has 0 spiro atoms. The molecule has 0 radical (unpaired) electrons. The summed E-state index contributed by atoms with van der Waals surface area (Å²) in [5.41, 5.74) is 0.341. The number of aliphatic hydroxyl groups is 2. The first kappa shape index (κ1) is 21.6. The fourth-order valence-corrected chi connectivity index (χ4v) is 5.32. The van der Waals surface area contributed by atoms with E-state index in [4.69, 9.17) is 10.2 Å². The minimum absolute atomic E-state index is 0. The molecular weight excluding hydrogens is 614 g/mol. The molecule has 1 aromatic carbocycles. The van der Waals surface area contributed by atoms with Crippen molar-refractivity contribution < 1.29 is 49.7 Å². The zero-order chi connectivity index (χ0) is 14.6. The van der Waals surface area contributed by atoms with Crippen LogP contribution in [0.2, 0.25) is 0 Å². The Morgan fingerprint density at radius 2 is 1.65 bits per heavy atom. The summed E-state index contributed by atoms with van der Waals surface area (Å²) in [6.07, 6.45) is 0. The number of hydrogen-bond acceptors (Lipinski definition) is 4. The van der Waals surface area contributed by atoms with Gasteiger partial charge in [0.1, 0.15) is 0 Å². The van der Waals surface area contributed by atoms with Crippen molar-refractivity contribution in [3.8, 4) is 5.75 Å². The van der Waals surface area contributed by atoms with Crippen LogP contribution < -0.4 is 34.7 Å². The van der Waals surface area contributed by atoms with Crippen molar-refractivity contribution in [1.82, 2.24) is 4.90 Å².